The van der Waals surface area contributed by atoms with E-state index < -0.39 is 0 Å². The van der Waals surface area contributed by atoms with Gasteiger partial charge in [-0.2, -0.15) is 0 Å². The van der Waals surface area contributed by atoms with Crippen molar-refractivity contribution in [1.29, 1.82) is 0 Å². The lowest BCUT2D eigenvalue weighted by Crippen LogP contribution is -2.11. The molecule has 0 fully saturated rings. The Morgan fingerprint density at radius 1 is 0.549 bits per heavy atom. The van der Waals surface area contributed by atoms with E-state index in [4.69, 9.17) is 0 Å². The Balaban J connectivity index is 1.27. The van der Waals surface area contributed by atoms with E-state index in [1.807, 2.05) is 25.2 Å². The number of rotatable bonds is 6. The predicted molar refractivity (Wildman–Crippen MR) is 219 cm³/mol. The number of allylic oxidation sites excluding steroid dienone is 5. The third-order valence-corrected chi connectivity index (χ3v) is 9.98. The van der Waals surface area contributed by atoms with E-state index in [1.165, 1.54) is 49.7 Å². The van der Waals surface area contributed by atoms with Crippen molar-refractivity contribution in [3.63, 3.8) is 0 Å². The average molecular weight is 653 g/mol. The van der Waals surface area contributed by atoms with Crippen molar-refractivity contribution in [2.45, 2.75) is 6.92 Å². The number of anilines is 3. The first kappa shape index (κ1) is 30.4. The second-order valence-corrected chi connectivity index (χ2v) is 13.1. The molecule has 0 atom stereocenters. The van der Waals surface area contributed by atoms with Crippen LogP contribution in [0.3, 0.4) is 0 Å². The molecule has 0 radical (unpaired) electrons. The van der Waals surface area contributed by atoms with Gasteiger partial charge in [-0.3, -0.25) is 0 Å². The first-order valence-corrected chi connectivity index (χ1v) is 17.5. The maximum Gasteiger partial charge on any atom is 0.0782 e. The molecule has 1 aromatic heterocycles. The zero-order chi connectivity index (χ0) is 34.3. The van der Waals surface area contributed by atoms with E-state index in [-0.39, 0.29) is 0 Å². The Kier molecular flexibility index (Phi) is 7.56. The maximum absolute atomic E-state index is 4.43. The van der Waals surface area contributed by atoms with Gasteiger partial charge in [0, 0.05) is 33.1 Å². The number of nitrogens with zero attached hydrogens (tertiary/aromatic N) is 1. The number of hydrogen-bond donors (Lipinski definition) is 1. The van der Waals surface area contributed by atoms with Gasteiger partial charge in [-0.15, -0.1) is 0 Å². The van der Waals surface area contributed by atoms with Crippen molar-refractivity contribution >= 4 is 44.4 Å². The Labute approximate surface area is 299 Å². The quantitative estimate of drug-likeness (QED) is 0.177. The van der Waals surface area contributed by atoms with Gasteiger partial charge in [0.25, 0.3) is 0 Å². The fraction of sp³-hybridized carbons (Fsp3) is 0.0204. The van der Waals surface area contributed by atoms with Crippen LogP contribution >= 0.6 is 0 Å². The molecule has 0 unspecified atom stereocenters. The minimum Gasteiger partial charge on any atom is -0.353 e. The molecule has 0 spiro atoms. The van der Waals surface area contributed by atoms with Crippen LogP contribution in [0.15, 0.2) is 189 Å². The van der Waals surface area contributed by atoms with Crippen LogP contribution in [0.5, 0.6) is 0 Å². The summed E-state index contributed by atoms with van der Waals surface area (Å²) >= 11 is 0. The second-order valence-electron chi connectivity index (χ2n) is 13.1. The standard InChI is InChI=1S/C49H36N2/c1-3-4-7-16-33(2)36-29-37(34-17-8-5-9-18-34)31-38(30-36)35-25-28-46-45(32-35)43-26-27-44-41-22-13-12-21-40(41)42-23-14-15-24-47(42)51(49(44)48(43)50-46)39-19-10-6-11-20-39/h3-32,50H,2H2,1H3/b4-3-,16-7-. The normalized spacial score (nSPS) is 12.3. The highest BCUT2D eigenvalue weighted by molar-refractivity contribution is 6.18. The lowest BCUT2D eigenvalue weighted by Gasteiger charge is -2.27. The summed E-state index contributed by atoms with van der Waals surface area (Å²) < 4.78 is 0. The monoisotopic (exact) mass is 652 g/mol. The molecular formula is C49H36N2. The summed E-state index contributed by atoms with van der Waals surface area (Å²) in [5, 5.41) is 2.39. The Hall–Kier alpha value is -6.64. The molecule has 2 heterocycles. The van der Waals surface area contributed by atoms with E-state index in [9.17, 15) is 0 Å². The topological polar surface area (TPSA) is 19.0 Å². The fourth-order valence-electron chi connectivity index (χ4n) is 7.55. The molecule has 8 aromatic rings. The summed E-state index contributed by atoms with van der Waals surface area (Å²) in [4.78, 5) is 6.33. The van der Waals surface area contributed by atoms with Crippen LogP contribution < -0.4 is 4.90 Å². The number of aromatic amines is 1. The number of benzene rings is 7. The maximum atomic E-state index is 4.43. The molecule has 9 rings (SSSR count). The first-order chi connectivity index (χ1) is 25.2. The summed E-state index contributed by atoms with van der Waals surface area (Å²) in [6, 6.07) is 57.1. The van der Waals surface area contributed by atoms with Crippen LogP contribution in [0.1, 0.15) is 12.5 Å². The number of aromatic nitrogens is 1. The largest absolute Gasteiger partial charge is 0.353 e. The third kappa shape index (κ3) is 5.29. The zero-order valence-electron chi connectivity index (χ0n) is 28.5. The van der Waals surface area contributed by atoms with Crippen molar-refractivity contribution < 1.29 is 0 Å². The van der Waals surface area contributed by atoms with Gasteiger partial charge in [-0.1, -0.05) is 140 Å². The molecule has 242 valence electrons. The summed E-state index contributed by atoms with van der Waals surface area (Å²) in [6.45, 7) is 6.46. The minimum atomic E-state index is 0.976. The van der Waals surface area contributed by atoms with E-state index in [0.29, 0.717) is 0 Å². The fourth-order valence-corrected chi connectivity index (χ4v) is 7.55. The highest BCUT2D eigenvalue weighted by Crippen LogP contribution is 2.53. The second kappa shape index (κ2) is 12.7. The van der Waals surface area contributed by atoms with Crippen LogP contribution in [-0.2, 0) is 0 Å². The van der Waals surface area contributed by atoms with Crippen molar-refractivity contribution in [2.75, 3.05) is 4.90 Å². The van der Waals surface area contributed by atoms with Crippen LogP contribution in [0.2, 0.25) is 0 Å². The van der Waals surface area contributed by atoms with Gasteiger partial charge >= 0.3 is 0 Å². The molecule has 0 aliphatic carbocycles. The zero-order valence-corrected chi connectivity index (χ0v) is 28.5. The van der Waals surface area contributed by atoms with E-state index in [0.717, 1.165) is 44.8 Å². The molecule has 51 heavy (non-hydrogen) atoms. The lowest BCUT2D eigenvalue weighted by molar-refractivity contribution is 1.30. The molecule has 1 aliphatic rings. The van der Waals surface area contributed by atoms with Crippen molar-refractivity contribution in [1.82, 2.24) is 4.98 Å². The minimum absolute atomic E-state index is 0.976. The van der Waals surface area contributed by atoms with Crippen molar-refractivity contribution in [2.24, 2.45) is 0 Å². The summed E-state index contributed by atoms with van der Waals surface area (Å²) in [6.07, 6.45) is 8.20. The summed E-state index contributed by atoms with van der Waals surface area (Å²) in [5.41, 5.74) is 17.3. The Morgan fingerprint density at radius 3 is 1.98 bits per heavy atom. The van der Waals surface area contributed by atoms with E-state index >= 15 is 0 Å². The molecule has 2 nitrogen and oxygen atoms in total. The molecule has 0 amide bonds. The van der Waals surface area contributed by atoms with Crippen molar-refractivity contribution in [3.8, 4) is 44.5 Å². The molecule has 7 aromatic carbocycles. The summed E-state index contributed by atoms with van der Waals surface area (Å²) in [7, 11) is 0. The van der Waals surface area contributed by atoms with Gasteiger partial charge in [0.2, 0.25) is 0 Å². The first-order valence-electron chi connectivity index (χ1n) is 17.5. The SMILES string of the molecule is C=C(/C=C\C=C/C)c1cc(-c2ccccc2)cc(-c2ccc3[nH]c4c5c(ccc4c3c2)-c2ccccc2-c2ccccc2N5c2ccccc2)c1. The third-order valence-electron chi connectivity index (χ3n) is 9.98. The van der Waals surface area contributed by atoms with Gasteiger partial charge in [0.1, 0.15) is 0 Å². The molecule has 1 N–H and O–H groups in total. The molecule has 0 saturated heterocycles. The van der Waals surface area contributed by atoms with Gasteiger partial charge in [-0.25, -0.2) is 0 Å². The predicted octanol–water partition coefficient (Wildman–Crippen LogP) is 13.9. The highest BCUT2D eigenvalue weighted by Gasteiger charge is 2.28. The number of para-hydroxylation sites is 2. The van der Waals surface area contributed by atoms with Gasteiger partial charge in [0.05, 0.1) is 16.9 Å². The van der Waals surface area contributed by atoms with Crippen molar-refractivity contribution in [3.05, 3.63) is 194 Å². The Bertz CT molecular complexity index is 2660. The lowest BCUT2D eigenvalue weighted by atomic mass is 9.92. The molecule has 2 heteroatoms. The summed E-state index contributed by atoms with van der Waals surface area (Å²) in [5.74, 6) is 0. The van der Waals surface area contributed by atoms with E-state index in [2.05, 4.69) is 180 Å². The number of fused-ring (bicyclic) bond motifs is 9. The van der Waals surface area contributed by atoms with Crippen LogP contribution in [0.25, 0.3) is 71.9 Å². The van der Waals surface area contributed by atoms with Gasteiger partial charge < -0.3 is 9.88 Å². The molecular weight excluding hydrogens is 617 g/mol. The van der Waals surface area contributed by atoms with Gasteiger partial charge in [0.15, 0.2) is 0 Å². The highest BCUT2D eigenvalue weighted by atomic mass is 15.2. The number of nitrogens with one attached hydrogen (secondary N) is 1. The van der Waals surface area contributed by atoms with Gasteiger partial charge in [-0.05, 0) is 100.0 Å². The number of hydrogen-bond acceptors (Lipinski definition) is 1. The Morgan fingerprint density at radius 2 is 1.22 bits per heavy atom. The number of H-pyrrole nitrogens is 1. The molecule has 0 bridgehead atoms. The average Bonchev–Trinajstić information content (AvgIpc) is 3.51. The van der Waals surface area contributed by atoms with Crippen LogP contribution in [0.4, 0.5) is 17.1 Å². The molecule has 1 aliphatic heterocycles. The smallest absolute Gasteiger partial charge is 0.0782 e. The van der Waals surface area contributed by atoms with Crippen LogP contribution in [0, 0.1) is 0 Å². The van der Waals surface area contributed by atoms with Crippen LogP contribution in [-0.4, -0.2) is 4.98 Å². The van der Waals surface area contributed by atoms with E-state index in [1.54, 1.807) is 0 Å². The molecule has 0 saturated carbocycles.